The van der Waals surface area contributed by atoms with Crippen molar-refractivity contribution in [3.05, 3.63) is 75.4 Å². The molecule has 3 aromatic rings. The maximum absolute atomic E-state index is 9.06. The third kappa shape index (κ3) is 4.26. The first-order valence-electron chi connectivity index (χ1n) is 7.56. The normalized spacial score (nSPS) is 10.2. The second-order valence-corrected chi connectivity index (χ2v) is 6.55. The quantitative estimate of drug-likeness (QED) is 0.592. The molecule has 26 heavy (non-hydrogen) atoms. The summed E-state index contributed by atoms with van der Waals surface area (Å²) in [4.78, 5) is 4.19. The van der Waals surface area contributed by atoms with Crippen LogP contribution < -0.4 is 15.2 Å². The van der Waals surface area contributed by atoms with Crippen LogP contribution in [0.1, 0.15) is 11.1 Å². The summed E-state index contributed by atoms with van der Waals surface area (Å²) >= 11 is 9.44. The molecule has 5 nitrogen and oxygen atoms in total. The van der Waals surface area contributed by atoms with Crippen LogP contribution in [-0.2, 0) is 6.61 Å². The van der Waals surface area contributed by atoms with Gasteiger partial charge in [-0.15, -0.1) is 0 Å². The summed E-state index contributed by atoms with van der Waals surface area (Å²) in [6.45, 7) is 0.353. The molecule has 0 fully saturated rings. The molecule has 1 heterocycles. The lowest BCUT2D eigenvalue weighted by Gasteiger charge is -2.14. The average molecular weight is 431 g/mol. The number of rotatable bonds is 5. The van der Waals surface area contributed by atoms with E-state index >= 15 is 0 Å². The average Bonchev–Trinajstić information content (AvgIpc) is 2.65. The molecule has 0 aliphatic heterocycles. The third-order valence-corrected chi connectivity index (χ3v) is 4.33. The van der Waals surface area contributed by atoms with E-state index in [9.17, 15) is 0 Å². The van der Waals surface area contributed by atoms with Crippen molar-refractivity contribution >= 4 is 33.2 Å². The van der Waals surface area contributed by atoms with E-state index < -0.39 is 0 Å². The number of benzene rings is 2. The Hall–Kier alpha value is -2.75. The first kappa shape index (κ1) is 18.1. The number of nitriles is 1. The van der Waals surface area contributed by atoms with Gasteiger partial charge in [-0.05, 0) is 39.7 Å². The fourth-order valence-corrected chi connectivity index (χ4v) is 2.95. The Morgan fingerprint density at radius 2 is 1.96 bits per heavy atom. The van der Waals surface area contributed by atoms with Crippen molar-refractivity contribution in [1.29, 1.82) is 5.26 Å². The van der Waals surface area contributed by atoms with Crippen LogP contribution in [-0.4, -0.2) is 4.98 Å². The summed E-state index contributed by atoms with van der Waals surface area (Å²) < 4.78 is 12.1. The van der Waals surface area contributed by atoms with Crippen LogP contribution in [0.15, 0.2) is 59.2 Å². The molecular formula is C19H13BrClN3O2. The largest absolute Gasteiger partial charge is 0.472 e. The highest BCUT2D eigenvalue weighted by atomic mass is 79.9. The van der Waals surface area contributed by atoms with Gasteiger partial charge in [0.25, 0.3) is 0 Å². The first-order valence-corrected chi connectivity index (χ1v) is 8.73. The fraction of sp³-hybridized carbons (Fsp3) is 0.0526. The lowest BCUT2D eigenvalue weighted by atomic mass is 10.2. The van der Waals surface area contributed by atoms with Gasteiger partial charge in [0.1, 0.15) is 16.8 Å². The van der Waals surface area contributed by atoms with E-state index in [2.05, 4.69) is 20.9 Å². The van der Waals surface area contributed by atoms with Crippen molar-refractivity contribution < 1.29 is 9.47 Å². The molecule has 130 valence electrons. The lowest BCUT2D eigenvalue weighted by Crippen LogP contribution is -2.01. The Kier molecular flexibility index (Phi) is 5.61. The second kappa shape index (κ2) is 8.09. The zero-order valence-corrected chi connectivity index (χ0v) is 15.8. The van der Waals surface area contributed by atoms with Crippen molar-refractivity contribution in [3.8, 4) is 23.4 Å². The van der Waals surface area contributed by atoms with Gasteiger partial charge in [0.05, 0.1) is 23.5 Å². The zero-order chi connectivity index (χ0) is 18.5. The minimum absolute atomic E-state index is 0.322. The van der Waals surface area contributed by atoms with Crippen molar-refractivity contribution in [2.24, 2.45) is 0 Å². The number of hydrogen-bond acceptors (Lipinski definition) is 5. The Balaban J connectivity index is 1.86. The Labute approximate surface area is 164 Å². The maximum Gasteiger partial charge on any atom is 0.232 e. The van der Waals surface area contributed by atoms with Crippen LogP contribution in [0.2, 0.25) is 5.02 Å². The summed E-state index contributed by atoms with van der Waals surface area (Å²) in [5.74, 6) is 1.08. The number of aromatic nitrogens is 1. The van der Waals surface area contributed by atoms with Gasteiger partial charge in [-0.2, -0.15) is 5.26 Å². The first-order chi connectivity index (χ1) is 12.6. The van der Waals surface area contributed by atoms with Crippen molar-refractivity contribution in [2.75, 3.05) is 5.73 Å². The molecule has 2 N–H and O–H groups in total. The van der Waals surface area contributed by atoms with Crippen molar-refractivity contribution in [3.63, 3.8) is 0 Å². The molecule has 0 bridgehead atoms. The van der Waals surface area contributed by atoms with Gasteiger partial charge in [-0.3, -0.25) is 0 Å². The van der Waals surface area contributed by atoms with Crippen molar-refractivity contribution in [2.45, 2.75) is 6.61 Å². The summed E-state index contributed by atoms with van der Waals surface area (Å²) in [7, 11) is 0. The van der Waals surface area contributed by atoms with E-state index in [-0.39, 0.29) is 0 Å². The fourth-order valence-electron chi connectivity index (χ4n) is 2.20. The number of pyridine rings is 1. The Bertz CT molecular complexity index is 975. The van der Waals surface area contributed by atoms with Crippen LogP contribution >= 0.6 is 27.5 Å². The molecule has 0 saturated heterocycles. The number of nitrogens with zero attached hydrogens (tertiary/aromatic N) is 2. The highest BCUT2D eigenvalue weighted by Gasteiger charge is 2.15. The van der Waals surface area contributed by atoms with Crippen LogP contribution in [0.3, 0.4) is 0 Å². The number of hydrogen-bond donors (Lipinski definition) is 1. The monoisotopic (exact) mass is 429 g/mol. The van der Waals surface area contributed by atoms with E-state index in [0.717, 1.165) is 5.56 Å². The molecule has 0 aliphatic carbocycles. The number of anilines is 1. The van der Waals surface area contributed by atoms with Crippen LogP contribution in [0.5, 0.6) is 17.4 Å². The minimum Gasteiger partial charge on any atom is -0.472 e. The molecule has 0 aliphatic rings. The van der Waals surface area contributed by atoms with Gasteiger partial charge in [0.15, 0.2) is 5.75 Å². The van der Waals surface area contributed by atoms with Crippen LogP contribution in [0, 0.1) is 11.3 Å². The van der Waals surface area contributed by atoms with Gasteiger partial charge in [-0.25, -0.2) is 4.98 Å². The number of nitrogen functional groups attached to an aromatic ring is 1. The summed E-state index contributed by atoms with van der Waals surface area (Å²) in [6.07, 6.45) is 1.45. The summed E-state index contributed by atoms with van der Waals surface area (Å²) in [5, 5.41) is 9.45. The molecule has 0 unspecified atom stereocenters. The van der Waals surface area contributed by atoms with Crippen LogP contribution in [0.4, 0.5) is 5.69 Å². The van der Waals surface area contributed by atoms with Crippen LogP contribution in [0.25, 0.3) is 0 Å². The predicted molar refractivity (Wildman–Crippen MR) is 103 cm³/mol. The highest BCUT2D eigenvalue weighted by molar-refractivity contribution is 9.10. The third-order valence-electron chi connectivity index (χ3n) is 3.41. The van der Waals surface area contributed by atoms with E-state index in [1.165, 1.54) is 6.20 Å². The smallest absolute Gasteiger partial charge is 0.232 e. The Morgan fingerprint density at radius 1 is 1.19 bits per heavy atom. The number of ether oxygens (including phenoxy) is 2. The SMILES string of the molecule is N#Cc1cc(Cl)cc(Oc2c(N)cnc(OCc3ccccc3)c2Br)c1. The molecular weight excluding hydrogens is 418 g/mol. The van der Waals surface area contributed by atoms with E-state index in [4.69, 9.17) is 32.1 Å². The highest BCUT2D eigenvalue weighted by Crippen LogP contribution is 2.40. The predicted octanol–water partition coefficient (Wildman–Crippen LogP) is 5.32. The van der Waals surface area contributed by atoms with E-state index in [1.54, 1.807) is 18.2 Å². The molecule has 0 amide bonds. The topological polar surface area (TPSA) is 81.2 Å². The van der Waals surface area contributed by atoms with E-state index in [1.807, 2.05) is 36.4 Å². The molecule has 0 radical (unpaired) electrons. The second-order valence-electron chi connectivity index (χ2n) is 5.33. The molecule has 3 rings (SSSR count). The van der Waals surface area contributed by atoms with Gasteiger partial charge in [0, 0.05) is 5.02 Å². The summed E-state index contributed by atoms with van der Waals surface area (Å²) in [6, 6.07) is 16.5. The molecule has 0 spiro atoms. The van der Waals surface area contributed by atoms with Gasteiger partial charge in [-0.1, -0.05) is 41.9 Å². The van der Waals surface area contributed by atoms with Crippen molar-refractivity contribution in [1.82, 2.24) is 4.98 Å². The van der Waals surface area contributed by atoms with Gasteiger partial charge in [0.2, 0.25) is 5.88 Å². The van der Waals surface area contributed by atoms with E-state index in [0.29, 0.717) is 44.7 Å². The lowest BCUT2D eigenvalue weighted by molar-refractivity contribution is 0.290. The molecule has 0 saturated carbocycles. The number of halogens is 2. The maximum atomic E-state index is 9.06. The standard InChI is InChI=1S/C19H13BrClN3O2/c20-17-18(26-15-7-13(9-22)6-14(21)8-15)16(23)10-24-19(17)25-11-12-4-2-1-3-5-12/h1-8,10H,11,23H2. The number of nitrogens with two attached hydrogens (primary N) is 1. The molecule has 1 aromatic heterocycles. The summed E-state index contributed by atoms with van der Waals surface area (Å²) in [5.41, 5.74) is 7.70. The minimum atomic E-state index is 0.322. The van der Waals surface area contributed by atoms with Gasteiger partial charge >= 0.3 is 0 Å². The van der Waals surface area contributed by atoms with Gasteiger partial charge < -0.3 is 15.2 Å². The molecule has 7 heteroatoms. The zero-order valence-electron chi connectivity index (χ0n) is 13.4. The molecule has 0 atom stereocenters. The molecule has 2 aromatic carbocycles. The Morgan fingerprint density at radius 3 is 2.69 bits per heavy atom.